The molecule has 1 aromatic rings. The van der Waals surface area contributed by atoms with Gasteiger partial charge in [0.15, 0.2) is 0 Å². The molecule has 1 amide bonds. The minimum Gasteiger partial charge on any atom is -0.337 e. The van der Waals surface area contributed by atoms with Gasteiger partial charge in [-0.2, -0.15) is 0 Å². The van der Waals surface area contributed by atoms with Gasteiger partial charge in [-0.05, 0) is 51.1 Å². The van der Waals surface area contributed by atoms with Crippen LogP contribution >= 0.6 is 40.1 Å². The van der Waals surface area contributed by atoms with E-state index in [0.717, 1.165) is 35.3 Å². The van der Waals surface area contributed by atoms with E-state index in [2.05, 4.69) is 21.2 Å². The van der Waals surface area contributed by atoms with Crippen molar-refractivity contribution >= 4 is 46.0 Å². The number of thioether (sulfide) groups is 1. The number of hydrogen-bond acceptors (Lipinski definition) is 3. The topological polar surface area (TPSA) is 32.3 Å². The van der Waals surface area contributed by atoms with Gasteiger partial charge >= 0.3 is 0 Å². The molecule has 1 saturated heterocycles. The molecule has 1 fully saturated rings. The smallest absolute Gasteiger partial charge is 0.236 e. The Morgan fingerprint density at radius 2 is 2.14 bits per heavy atom. The van der Waals surface area contributed by atoms with E-state index in [9.17, 15) is 4.79 Å². The second-order valence-electron chi connectivity index (χ2n) is 5.10. The zero-order valence-electron chi connectivity index (χ0n) is 12.3. The standard InChI is InChI=1S/C15H21BrN2OS.ClH/c1-11(20-14-7-5-12(16)6-8-14)15(19)18-9-3-4-13(18)10-17-2;/h5-8,11,13,17H,3-4,9-10H2,1-2H3;1H. The summed E-state index contributed by atoms with van der Waals surface area (Å²) in [6.45, 7) is 3.79. The lowest BCUT2D eigenvalue weighted by atomic mass is 10.2. The predicted octanol–water partition coefficient (Wildman–Crippen LogP) is 3.56. The van der Waals surface area contributed by atoms with Crippen LogP contribution in [0.15, 0.2) is 33.6 Å². The highest BCUT2D eigenvalue weighted by Crippen LogP contribution is 2.28. The molecule has 2 rings (SSSR count). The Kier molecular flexibility index (Phi) is 8.09. The number of halogens is 2. The third-order valence-electron chi connectivity index (χ3n) is 3.57. The van der Waals surface area contributed by atoms with E-state index in [1.807, 2.05) is 43.1 Å². The maximum atomic E-state index is 12.6. The second kappa shape index (κ2) is 9.03. The van der Waals surface area contributed by atoms with Gasteiger partial charge < -0.3 is 10.2 Å². The van der Waals surface area contributed by atoms with Gasteiger partial charge in [0.2, 0.25) is 5.91 Å². The van der Waals surface area contributed by atoms with Crippen molar-refractivity contribution < 1.29 is 4.79 Å². The lowest BCUT2D eigenvalue weighted by molar-refractivity contribution is -0.131. The first-order valence-corrected chi connectivity index (χ1v) is 8.66. The monoisotopic (exact) mass is 392 g/mol. The van der Waals surface area contributed by atoms with Crippen molar-refractivity contribution in [2.24, 2.45) is 0 Å². The first-order chi connectivity index (χ1) is 9.61. The van der Waals surface area contributed by atoms with Crippen molar-refractivity contribution in [3.63, 3.8) is 0 Å². The lowest BCUT2D eigenvalue weighted by Crippen LogP contribution is -2.44. The molecule has 0 radical (unpaired) electrons. The predicted molar refractivity (Wildman–Crippen MR) is 95.4 cm³/mol. The molecule has 2 unspecified atom stereocenters. The maximum Gasteiger partial charge on any atom is 0.236 e. The first-order valence-electron chi connectivity index (χ1n) is 6.99. The SMILES string of the molecule is CNCC1CCCN1C(=O)C(C)Sc1ccc(Br)cc1.Cl. The first kappa shape index (κ1) is 18.8. The quantitative estimate of drug-likeness (QED) is 0.776. The average molecular weight is 394 g/mol. The van der Waals surface area contributed by atoms with E-state index in [4.69, 9.17) is 0 Å². The van der Waals surface area contributed by atoms with E-state index in [0.29, 0.717) is 6.04 Å². The third-order valence-corrected chi connectivity index (χ3v) is 5.20. The molecule has 0 spiro atoms. The molecule has 3 nitrogen and oxygen atoms in total. The number of benzene rings is 1. The van der Waals surface area contributed by atoms with Gasteiger partial charge in [0.05, 0.1) is 5.25 Å². The number of nitrogens with one attached hydrogen (secondary N) is 1. The van der Waals surface area contributed by atoms with Crippen molar-refractivity contribution in [3.8, 4) is 0 Å². The molecule has 1 aliphatic heterocycles. The highest BCUT2D eigenvalue weighted by atomic mass is 79.9. The van der Waals surface area contributed by atoms with Crippen LogP contribution in [-0.4, -0.2) is 42.2 Å². The Labute approximate surface area is 145 Å². The fraction of sp³-hybridized carbons (Fsp3) is 0.533. The summed E-state index contributed by atoms with van der Waals surface area (Å²) in [6, 6.07) is 8.49. The number of hydrogen-bond donors (Lipinski definition) is 1. The van der Waals surface area contributed by atoms with Gasteiger partial charge in [0, 0.05) is 28.5 Å². The molecule has 0 bridgehead atoms. The van der Waals surface area contributed by atoms with Gasteiger partial charge in [0.1, 0.15) is 0 Å². The molecular formula is C15H22BrClN2OS. The Hall–Kier alpha value is -0.230. The molecule has 0 saturated carbocycles. The summed E-state index contributed by atoms with van der Waals surface area (Å²) in [5.41, 5.74) is 0. The highest BCUT2D eigenvalue weighted by Gasteiger charge is 2.31. The van der Waals surface area contributed by atoms with Crippen molar-refractivity contribution in [1.82, 2.24) is 10.2 Å². The Morgan fingerprint density at radius 3 is 2.76 bits per heavy atom. The number of likely N-dealkylation sites (tertiary alicyclic amines) is 1. The number of carbonyl (C=O) groups is 1. The van der Waals surface area contributed by atoms with Crippen molar-refractivity contribution in [2.75, 3.05) is 20.1 Å². The van der Waals surface area contributed by atoms with Crippen LogP contribution in [0, 0.1) is 0 Å². The zero-order chi connectivity index (χ0) is 14.5. The van der Waals surface area contributed by atoms with Crippen LogP contribution in [0.2, 0.25) is 0 Å². The van der Waals surface area contributed by atoms with Crippen LogP contribution < -0.4 is 5.32 Å². The number of amides is 1. The Morgan fingerprint density at radius 1 is 1.48 bits per heavy atom. The molecule has 1 aromatic carbocycles. The van der Waals surface area contributed by atoms with E-state index in [1.54, 1.807) is 11.8 Å². The molecule has 2 atom stereocenters. The summed E-state index contributed by atoms with van der Waals surface area (Å²) in [7, 11) is 1.95. The Balaban J connectivity index is 0.00000220. The summed E-state index contributed by atoms with van der Waals surface area (Å²) >= 11 is 5.06. The zero-order valence-corrected chi connectivity index (χ0v) is 15.6. The average Bonchev–Trinajstić information content (AvgIpc) is 2.89. The summed E-state index contributed by atoms with van der Waals surface area (Å²) in [4.78, 5) is 15.8. The van der Waals surface area contributed by atoms with Crippen LogP contribution in [-0.2, 0) is 4.79 Å². The summed E-state index contributed by atoms with van der Waals surface area (Å²) in [5, 5.41) is 3.15. The van der Waals surface area contributed by atoms with Crippen LogP contribution in [0.1, 0.15) is 19.8 Å². The molecule has 6 heteroatoms. The Bertz CT molecular complexity index is 457. The van der Waals surface area contributed by atoms with Crippen LogP contribution in [0.5, 0.6) is 0 Å². The van der Waals surface area contributed by atoms with E-state index < -0.39 is 0 Å². The molecule has 1 heterocycles. The van der Waals surface area contributed by atoms with E-state index in [1.165, 1.54) is 0 Å². The molecule has 0 aliphatic carbocycles. The van der Waals surface area contributed by atoms with Gasteiger partial charge in [-0.1, -0.05) is 15.9 Å². The van der Waals surface area contributed by atoms with Crippen LogP contribution in [0.3, 0.4) is 0 Å². The molecule has 118 valence electrons. The third kappa shape index (κ3) is 5.16. The molecule has 21 heavy (non-hydrogen) atoms. The second-order valence-corrected chi connectivity index (χ2v) is 7.43. The van der Waals surface area contributed by atoms with E-state index >= 15 is 0 Å². The number of nitrogens with zero attached hydrogens (tertiary/aromatic N) is 1. The fourth-order valence-corrected chi connectivity index (χ4v) is 3.78. The summed E-state index contributed by atoms with van der Waals surface area (Å²) in [5.74, 6) is 0.260. The van der Waals surface area contributed by atoms with E-state index in [-0.39, 0.29) is 23.6 Å². The number of likely N-dealkylation sites (N-methyl/N-ethyl adjacent to an activating group) is 1. The lowest BCUT2D eigenvalue weighted by Gasteiger charge is -2.27. The largest absolute Gasteiger partial charge is 0.337 e. The van der Waals surface area contributed by atoms with Crippen molar-refractivity contribution in [2.45, 2.75) is 36.0 Å². The highest BCUT2D eigenvalue weighted by molar-refractivity contribution is 9.10. The number of carbonyl (C=O) groups excluding carboxylic acids is 1. The molecular weight excluding hydrogens is 372 g/mol. The minimum atomic E-state index is -0.0337. The van der Waals surface area contributed by atoms with Gasteiger partial charge in [-0.3, -0.25) is 4.79 Å². The maximum absolute atomic E-state index is 12.6. The molecule has 1 N–H and O–H groups in total. The number of rotatable bonds is 5. The summed E-state index contributed by atoms with van der Waals surface area (Å²) in [6.07, 6.45) is 2.23. The van der Waals surface area contributed by atoms with Gasteiger partial charge in [-0.15, -0.1) is 24.2 Å². The fourth-order valence-electron chi connectivity index (χ4n) is 2.57. The van der Waals surface area contributed by atoms with Crippen molar-refractivity contribution in [3.05, 3.63) is 28.7 Å². The van der Waals surface area contributed by atoms with Gasteiger partial charge in [0.25, 0.3) is 0 Å². The normalized spacial score (nSPS) is 19.2. The van der Waals surface area contributed by atoms with Gasteiger partial charge in [-0.25, -0.2) is 0 Å². The molecule has 1 aliphatic rings. The minimum absolute atomic E-state index is 0. The van der Waals surface area contributed by atoms with Crippen LogP contribution in [0.4, 0.5) is 0 Å². The van der Waals surface area contributed by atoms with Crippen LogP contribution in [0.25, 0.3) is 0 Å². The van der Waals surface area contributed by atoms with Crippen molar-refractivity contribution in [1.29, 1.82) is 0 Å². The molecule has 0 aromatic heterocycles. The summed E-state index contributed by atoms with van der Waals surface area (Å²) < 4.78 is 1.06.